The van der Waals surface area contributed by atoms with Crippen molar-refractivity contribution in [2.24, 2.45) is 5.92 Å². The van der Waals surface area contributed by atoms with E-state index >= 15 is 0 Å². The van der Waals surface area contributed by atoms with Crippen molar-refractivity contribution < 1.29 is 18.3 Å². The fourth-order valence-corrected chi connectivity index (χ4v) is 4.57. The van der Waals surface area contributed by atoms with Gasteiger partial charge < -0.3 is 19.4 Å². The molecule has 5 rings (SSSR count). The van der Waals surface area contributed by atoms with Gasteiger partial charge in [0.05, 0.1) is 17.3 Å². The molecule has 1 saturated heterocycles. The summed E-state index contributed by atoms with van der Waals surface area (Å²) in [5.41, 5.74) is 2.35. The van der Waals surface area contributed by atoms with Crippen molar-refractivity contribution in [2.75, 3.05) is 19.8 Å². The molecular formula is C24H26ClFN6O3. The van der Waals surface area contributed by atoms with Crippen LogP contribution in [0.2, 0.25) is 5.02 Å². The van der Waals surface area contributed by atoms with E-state index in [0.29, 0.717) is 36.9 Å². The van der Waals surface area contributed by atoms with Crippen LogP contribution in [0.4, 0.5) is 9.18 Å². The highest BCUT2D eigenvalue weighted by Crippen LogP contribution is 2.26. The Kier molecular flexibility index (Phi) is 6.92. The maximum absolute atomic E-state index is 14.2. The standard InChI is InChI=1S/C24H26ClFN6O3/c1-14-30-31-23(35-14)22(16-2-3-18(25)19(26)11-16)29-24(33)32-7-4-17-12-27-21(28-20(17)13-32)10-15-5-8-34-9-6-15/h2-3,11-12,15,22H,4-10,13H2,1H3,(H,29,33). The SMILES string of the molecule is Cc1nnc(C(NC(=O)N2CCc3cnc(CC4CCOCC4)nc3C2)c2ccc(Cl)c(F)c2)o1. The Hall–Kier alpha value is -3.11. The highest BCUT2D eigenvalue weighted by molar-refractivity contribution is 6.30. The van der Waals surface area contributed by atoms with E-state index in [9.17, 15) is 9.18 Å². The molecule has 11 heteroatoms. The Bertz CT molecular complexity index is 1220. The number of hydrogen-bond acceptors (Lipinski definition) is 7. The molecule has 2 aliphatic heterocycles. The number of carbonyl (C=O) groups is 1. The first kappa shape index (κ1) is 23.6. The van der Waals surface area contributed by atoms with E-state index in [1.165, 1.54) is 12.1 Å². The summed E-state index contributed by atoms with van der Waals surface area (Å²) in [7, 11) is 0. The van der Waals surface area contributed by atoms with Gasteiger partial charge in [-0.25, -0.2) is 19.2 Å². The number of halogens is 2. The number of ether oxygens (including phenoxy) is 1. The Balaban J connectivity index is 1.32. The van der Waals surface area contributed by atoms with Crippen LogP contribution in [0.3, 0.4) is 0 Å². The fourth-order valence-electron chi connectivity index (χ4n) is 4.45. The number of hydrogen-bond donors (Lipinski definition) is 1. The van der Waals surface area contributed by atoms with Gasteiger partial charge in [0, 0.05) is 39.3 Å². The van der Waals surface area contributed by atoms with Gasteiger partial charge in [0.2, 0.25) is 11.8 Å². The number of nitrogens with zero attached hydrogens (tertiary/aromatic N) is 5. The summed E-state index contributed by atoms with van der Waals surface area (Å²) in [4.78, 5) is 24.3. The minimum absolute atomic E-state index is 0.00980. The van der Waals surface area contributed by atoms with Gasteiger partial charge in [0.15, 0.2) is 0 Å². The maximum Gasteiger partial charge on any atom is 0.318 e. The van der Waals surface area contributed by atoms with Crippen molar-refractivity contribution in [2.45, 2.75) is 45.2 Å². The zero-order valence-corrected chi connectivity index (χ0v) is 20.1. The van der Waals surface area contributed by atoms with Crippen LogP contribution < -0.4 is 5.32 Å². The molecule has 1 unspecified atom stereocenters. The number of carbonyl (C=O) groups excluding carboxylic acids is 1. The minimum atomic E-state index is -0.827. The Morgan fingerprint density at radius 2 is 2.14 bits per heavy atom. The number of urea groups is 1. The first-order chi connectivity index (χ1) is 17.0. The highest BCUT2D eigenvalue weighted by atomic mass is 35.5. The third-order valence-electron chi connectivity index (χ3n) is 6.43. The van der Waals surface area contributed by atoms with Crippen LogP contribution >= 0.6 is 11.6 Å². The van der Waals surface area contributed by atoms with Crippen molar-refractivity contribution >= 4 is 17.6 Å². The lowest BCUT2D eigenvalue weighted by atomic mass is 9.96. The van der Waals surface area contributed by atoms with Gasteiger partial charge in [0.1, 0.15) is 17.7 Å². The quantitative estimate of drug-likeness (QED) is 0.568. The number of benzene rings is 1. The topological polar surface area (TPSA) is 106 Å². The summed E-state index contributed by atoms with van der Waals surface area (Å²) in [5, 5.41) is 10.8. The van der Waals surface area contributed by atoms with Gasteiger partial charge in [-0.05, 0) is 48.4 Å². The smallest absolute Gasteiger partial charge is 0.318 e. The fraction of sp³-hybridized carbons (Fsp3) is 0.458. The second-order valence-electron chi connectivity index (χ2n) is 8.90. The first-order valence-corrected chi connectivity index (χ1v) is 12.1. The molecular weight excluding hydrogens is 475 g/mol. The number of nitrogens with one attached hydrogen (secondary N) is 1. The third-order valence-corrected chi connectivity index (χ3v) is 6.74. The minimum Gasteiger partial charge on any atom is -0.423 e. The van der Waals surface area contributed by atoms with E-state index in [0.717, 1.165) is 49.6 Å². The third kappa shape index (κ3) is 5.43. The number of fused-ring (bicyclic) bond motifs is 1. The van der Waals surface area contributed by atoms with Gasteiger partial charge in [-0.1, -0.05) is 17.7 Å². The van der Waals surface area contributed by atoms with E-state index in [4.69, 9.17) is 25.7 Å². The van der Waals surface area contributed by atoms with Gasteiger partial charge in [0.25, 0.3) is 0 Å². The molecule has 3 aromatic rings. The average Bonchev–Trinajstić information content (AvgIpc) is 3.30. The van der Waals surface area contributed by atoms with Crippen molar-refractivity contribution in [1.82, 2.24) is 30.4 Å². The molecule has 9 nitrogen and oxygen atoms in total. The molecule has 1 fully saturated rings. The summed E-state index contributed by atoms with van der Waals surface area (Å²) in [6, 6.07) is 3.15. The van der Waals surface area contributed by atoms with Gasteiger partial charge >= 0.3 is 6.03 Å². The van der Waals surface area contributed by atoms with Crippen LogP contribution in [0.1, 0.15) is 53.3 Å². The second-order valence-corrected chi connectivity index (χ2v) is 9.31. The molecule has 2 aliphatic rings. The van der Waals surface area contributed by atoms with Crippen LogP contribution in [0, 0.1) is 18.7 Å². The lowest BCUT2D eigenvalue weighted by molar-refractivity contribution is 0.0659. The number of amides is 2. The molecule has 1 atom stereocenters. The van der Waals surface area contributed by atoms with Crippen LogP contribution in [0.5, 0.6) is 0 Å². The molecule has 0 saturated carbocycles. The molecule has 1 aromatic carbocycles. The van der Waals surface area contributed by atoms with Crippen LogP contribution in [-0.2, 0) is 24.1 Å². The van der Waals surface area contributed by atoms with E-state index in [-0.39, 0.29) is 16.9 Å². The lowest BCUT2D eigenvalue weighted by Gasteiger charge is -2.30. The number of aromatic nitrogens is 4. The van der Waals surface area contributed by atoms with E-state index in [1.54, 1.807) is 17.9 Å². The molecule has 0 spiro atoms. The van der Waals surface area contributed by atoms with Crippen LogP contribution in [0.25, 0.3) is 0 Å². The normalized spacial score (nSPS) is 17.2. The Labute approximate surface area is 207 Å². The number of rotatable bonds is 5. The summed E-state index contributed by atoms with van der Waals surface area (Å²) in [5.74, 6) is 1.22. The van der Waals surface area contributed by atoms with Crippen molar-refractivity contribution in [1.29, 1.82) is 0 Å². The highest BCUT2D eigenvalue weighted by Gasteiger charge is 2.29. The van der Waals surface area contributed by atoms with E-state index < -0.39 is 11.9 Å². The van der Waals surface area contributed by atoms with Gasteiger partial charge in [-0.15, -0.1) is 10.2 Å². The van der Waals surface area contributed by atoms with Crippen molar-refractivity contribution in [3.8, 4) is 0 Å². The monoisotopic (exact) mass is 500 g/mol. The molecule has 35 heavy (non-hydrogen) atoms. The second kappa shape index (κ2) is 10.2. The summed E-state index contributed by atoms with van der Waals surface area (Å²) < 4.78 is 25.2. The predicted octanol–water partition coefficient (Wildman–Crippen LogP) is 3.79. The maximum atomic E-state index is 14.2. The Morgan fingerprint density at radius 3 is 2.89 bits per heavy atom. The molecule has 2 amide bonds. The Morgan fingerprint density at radius 1 is 1.31 bits per heavy atom. The number of aryl methyl sites for hydroxylation is 1. The lowest BCUT2D eigenvalue weighted by Crippen LogP contribution is -2.44. The molecule has 1 N–H and O–H groups in total. The largest absolute Gasteiger partial charge is 0.423 e. The summed E-state index contributed by atoms with van der Waals surface area (Å²) >= 11 is 5.84. The zero-order chi connectivity index (χ0) is 24.4. The van der Waals surface area contributed by atoms with Crippen molar-refractivity contribution in [3.63, 3.8) is 0 Å². The average molecular weight is 501 g/mol. The zero-order valence-electron chi connectivity index (χ0n) is 19.3. The summed E-state index contributed by atoms with van der Waals surface area (Å²) in [6.45, 7) is 4.07. The van der Waals surface area contributed by atoms with E-state index in [2.05, 4.69) is 20.5 Å². The van der Waals surface area contributed by atoms with Crippen LogP contribution in [-0.4, -0.2) is 50.9 Å². The molecule has 0 aliphatic carbocycles. The molecule has 0 radical (unpaired) electrons. The molecule has 2 aromatic heterocycles. The molecule has 184 valence electrons. The molecule has 4 heterocycles. The first-order valence-electron chi connectivity index (χ1n) is 11.7. The van der Waals surface area contributed by atoms with Gasteiger partial charge in [-0.2, -0.15) is 0 Å². The van der Waals surface area contributed by atoms with E-state index in [1.807, 2.05) is 6.20 Å². The molecule has 0 bridgehead atoms. The van der Waals surface area contributed by atoms with Crippen LogP contribution in [0.15, 0.2) is 28.8 Å². The van der Waals surface area contributed by atoms with Crippen molar-refractivity contribution in [3.05, 3.63) is 69.7 Å². The summed E-state index contributed by atoms with van der Waals surface area (Å²) in [6.07, 6.45) is 5.37. The predicted molar refractivity (Wildman–Crippen MR) is 124 cm³/mol. The van der Waals surface area contributed by atoms with Gasteiger partial charge in [-0.3, -0.25) is 0 Å².